The van der Waals surface area contributed by atoms with Crippen LogP contribution in [0.2, 0.25) is 0 Å². The van der Waals surface area contributed by atoms with E-state index in [1.165, 1.54) is 0 Å². The molecule has 65 heavy (non-hydrogen) atoms. The summed E-state index contributed by atoms with van der Waals surface area (Å²) in [6, 6.07) is 35.1. The van der Waals surface area contributed by atoms with E-state index in [-0.39, 0.29) is 52.4 Å². The molecule has 0 radical (unpaired) electrons. The van der Waals surface area contributed by atoms with Crippen LogP contribution < -0.4 is 35.9 Å². The number of carboxylic acids is 1. The van der Waals surface area contributed by atoms with Crippen molar-refractivity contribution in [1.29, 1.82) is 5.26 Å². The number of hydrogen-bond acceptors (Lipinski definition) is 12. The number of carbonyl (C=O) groups excluding carboxylic acids is 1. The van der Waals surface area contributed by atoms with E-state index < -0.39 is 22.4 Å². The maximum Gasteiger partial charge on any atom is 2.00 e. The Balaban J connectivity index is 0.000000287. The normalized spacial score (nSPS) is 22.0. The maximum absolute atomic E-state index is 11.5. The smallest absolute Gasteiger partial charge is 1.00 e. The van der Waals surface area contributed by atoms with Crippen LogP contribution in [0.25, 0.3) is 0 Å². The van der Waals surface area contributed by atoms with Crippen LogP contribution >= 0.6 is 0 Å². The molecule has 4 heterocycles. The number of ether oxygens (including phenoxy) is 8. The van der Waals surface area contributed by atoms with Gasteiger partial charge in [-0.25, -0.2) is 0 Å². The Bertz CT molecular complexity index is 1950. The zero-order valence-electron chi connectivity index (χ0n) is 38.1. The molecule has 3 atom stereocenters. The number of Topliss-reactive ketones (excluding diaryl/α,β-unsaturated/α-hetero) is 1. The predicted molar refractivity (Wildman–Crippen MR) is 242 cm³/mol. The summed E-state index contributed by atoms with van der Waals surface area (Å²) in [5, 5.41) is 29.2. The first-order chi connectivity index (χ1) is 30.6. The quantitative estimate of drug-likeness (QED) is 0.190. The first kappa shape index (κ1) is 56.9. The molecule has 13 nitrogen and oxygen atoms in total. The monoisotopic (exact) mass is 971 g/mol. The van der Waals surface area contributed by atoms with Gasteiger partial charge in [0.05, 0.1) is 54.3 Å². The average molecular weight is 973 g/mol. The molecule has 4 aromatic rings. The summed E-state index contributed by atoms with van der Waals surface area (Å²) in [5.41, 5.74) is 0.531. The number of methoxy groups -OCH3 is 4. The Morgan fingerprint density at radius 3 is 1.42 bits per heavy atom. The fourth-order valence-corrected chi connectivity index (χ4v) is 7.36. The number of aliphatic hydroxyl groups is 1. The minimum Gasteiger partial charge on any atom is -1.00 e. The number of carboxylic acid groups (broad SMARTS) is 1. The molecule has 4 aliphatic rings. The Kier molecular flexibility index (Phi) is 26.4. The second kappa shape index (κ2) is 30.1. The first-order valence-corrected chi connectivity index (χ1v) is 21.2. The molecule has 0 bridgehead atoms. The van der Waals surface area contributed by atoms with Gasteiger partial charge in [-0.2, -0.15) is 23.5 Å². The van der Waals surface area contributed by atoms with Gasteiger partial charge in [0.15, 0.2) is 5.78 Å². The maximum atomic E-state index is 11.5. The van der Waals surface area contributed by atoms with Gasteiger partial charge in [-0.3, -0.25) is 9.59 Å². The van der Waals surface area contributed by atoms with E-state index in [2.05, 4.69) is 12.1 Å². The van der Waals surface area contributed by atoms with Crippen LogP contribution in [0.3, 0.4) is 0 Å². The fraction of sp³-hybridized carbons (Fsp3) is 0.460. The van der Waals surface area contributed by atoms with Crippen molar-refractivity contribution in [3.05, 3.63) is 120 Å². The molecule has 4 aliphatic heterocycles. The van der Waals surface area contributed by atoms with Gasteiger partial charge < -0.3 is 65.1 Å². The number of benzene rings is 4. The molecule has 0 spiro atoms. The summed E-state index contributed by atoms with van der Waals surface area (Å²) in [4.78, 5) is 21.9. The topological polar surface area (TPSA) is 172 Å². The molecule has 0 saturated carbocycles. The standard InChI is InChI=1S/C13H15NO2.C13H16O4.C12H16O3.C7H7O.C5H8O2.BrH.Mg/c1-15-12-5-3-11(4-6-12)13(9-14)7-2-8-16-10-13;1-16-11-5-3-10(4-6-11)13(12(14)15)7-2-8-17-9-13;1-14-11-5-3-10(4-6-11)12(13)7-2-8-15-9-12;1-8-7-5-3-2-4-6-7;6-5-2-1-3-7-4-5;;/h3-6H,2,7-8,10H2,1H3;3-6H,2,7-9H2,1H3,(H,14,15);3-6,13H,2,7-9H2,1H3;3-6H,1H3;1-4H2;1H;/q;;;-1;;;+2/p-1. The summed E-state index contributed by atoms with van der Waals surface area (Å²) in [5.74, 6) is 2.65. The van der Waals surface area contributed by atoms with Crippen molar-refractivity contribution in [2.75, 3.05) is 81.3 Å². The van der Waals surface area contributed by atoms with Gasteiger partial charge in [-0.1, -0.05) is 36.4 Å². The third-order valence-electron chi connectivity index (χ3n) is 11.2. The van der Waals surface area contributed by atoms with Crippen LogP contribution in [0.15, 0.2) is 97.1 Å². The number of nitrogens with zero attached hydrogens (tertiary/aromatic N) is 1. The molecule has 8 rings (SSSR count). The summed E-state index contributed by atoms with van der Waals surface area (Å²) in [6.07, 6.45) is 6.52. The van der Waals surface area contributed by atoms with E-state index in [0.29, 0.717) is 32.8 Å². The summed E-state index contributed by atoms with van der Waals surface area (Å²) in [6.45, 7) is 4.40. The van der Waals surface area contributed by atoms with Crippen LogP contribution in [0.5, 0.6) is 23.0 Å². The number of hydrogen-bond donors (Lipinski definition) is 2. The Hall–Kier alpha value is -4.24. The summed E-state index contributed by atoms with van der Waals surface area (Å²) in [7, 11) is 6.51. The Morgan fingerprint density at radius 2 is 1.06 bits per heavy atom. The fourth-order valence-electron chi connectivity index (χ4n) is 7.36. The van der Waals surface area contributed by atoms with Crippen molar-refractivity contribution in [2.45, 2.75) is 67.8 Å². The molecule has 4 aromatic carbocycles. The molecule has 15 heteroatoms. The SMILES string of the molecule is COc1cc[c-]cc1.COc1ccc(C2(C#N)CCCOC2)cc1.COc1ccc(C2(C(=O)O)CCCOC2)cc1.COc1ccc(C2(O)CCCOC2)cc1.O=C1CCCOC1.[Br-].[Mg+2]. The molecule has 3 unspecified atom stereocenters. The van der Waals surface area contributed by atoms with Gasteiger partial charge >= 0.3 is 29.0 Å². The van der Waals surface area contributed by atoms with Crippen molar-refractivity contribution in [3.63, 3.8) is 0 Å². The van der Waals surface area contributed by atoms with Gasteiger partial charge in [0.25, 0.3) is 0 Å². The molecule has 0 amide bonds. The van der Waals surface area contributed by atoms with Crippen molar-refractivity contribution >= 4 is 34.8 Å². The molecule has 4 saturated heterocycles. The first-order valence-electron chi connectivity index (χ1n) is 21.2. The zero-order chi connectivity index (χ0) is 45.4. The van der Waals surface area contributed by atoms with Gasteiger partial charge in [0, 0.05) is 38.6 Å². The predicted octanol–water partition coefficient (Wildman–Crippen LogP) is 4.27. The van der Waals surface area contributed by atoms with E-state index in [0.717, 1.165) is 104 Å². The van der Waals surface area contributed by atoms with Crippen LogP contribution in [-0.2, 0) is 45.0 Å². The third kappa shape index (κ3) is 17.5. The number of ketones is 1. The second-order valence-corrected chi connectivity index (χ2v) is 15.4. The van der Waals surface area contributed by atoms with Gasteiger partial charge in [0.2, 0.25) is 0 Å². The Labute approximate surface area is 410 Å². The number of rotatable bonds is 8. The van der Waals surface area contributed by atoms with Crippen molar-refractivity contribution in [3.8, 4) is 29.1 Å². The average Bonchev–Trinajstić information content (AvgIpc) is 3.36. The summed E-state index contributed by atoms with van der Waals surface area (Å²) < 4.78 is 41.1. The third-order valence-corrected chi connectivity index (χ3v) is 11.2. The van der Waals surface area contributed by atoms with E-state index in [9.17, 15) is 25.1 Å². The van der Waals surface area contributed by atoms with Crippen LogP contribution in [-0.4, -0.2) is 126 Å². The molecular formula is C50H62BrMgNO12. The van der Waals surface area contributed by atoms with Crippen LogP contribution in [0, 0.1) is 17.4 Å². The molecular weight excluding hydrogens is 911 g/mol. The van der Waals surface area contributed by atoms with Crippen molar-refractivity contribution in [2.24, 2.45) is 0 Å². The molecule has 4 fully saturated rings. The summed E-state index contributed by atoms with van der Waals surface area (Å²) >= 11 is 0. The van der Waals surface area contributed by atoms with Gasteiger partial charge in [-0.05, 0) is 98.0 Å². The van der Waals surface area contributed by atoms with E-state index in [1.54, 1.807) is 40.6 Å². The van der Waals surface area contributed by atoms with Gasteiger partial charge in [0.1, 0.15) is 40.3 Å². The number of nitriles is 1. The molecule has 348 valence electrons. The molecule has 0 aromatic heterocycles. The van der Waals surface area contributed by atoms with E-state index >= 15 is 0 Å². The number of carbonyl (C=O) groups is 2. The van der Waals surface area contributed by atoms with Crippen LogP contribution in [0.4, 0.5) is 0 Å². The zero-order valence-corrected chi connectivity index (χ0v) is 41.1. The number of halogens is 1. The minimum atomic E-state index is -0.898. The molecule has 0 aliphatic carbocycles. The van der Waals surface area contributed by atoms with Crippen LogP contribution in [0.1, 0.15) is 68.1 Å². The van der Waals surface area contributed by atoms with Gasteiger partial charge in [-0.15, -0.1) is 12.1 Å². The largest absolute Gasteiger partial charge is 2.00 e. The number of aliphatic carboxylic acids is 1. The second-order valence-electron chi connectivity index (χ2n) is 15.4. The molecule has 2 N–H and O–H groups in total. The van der Waals surface area contributed by atoms with E-state index in [4.69, 9.17) is 37.9 Å². The van der Waals surface area contributed by atoms with E-state index in [1.807, 2.05) is 84.9 Å². The minimum absolute atomic E-state index is 0. The Morgan fingerprint density at radius 1 is 0.615 bits per heavy atom. The van der Waals surface area contributed by atoms with Crippen molar-refractivity contribution in [1.82, 2.24) is 0 Å². The van der Waals surface area contributed by atoms with Crippen molar-refractivity contribution < 1.29 is 74.7 Å².